The predicted octanol–water partition coefficient (Wildman–Crippen LogP) is 4.22. The number of benzene rings is 2. The smallest absolute Gasteiger partial charge is 0.0923 e. The van der Waals surface area contributed by atoms with Gasteiger partial charge in [0.1, 0.15) is 0 Å². The highest BCUT2D eigenvalue weighted by molar-refractivity contribution is 5.71. The Balaban J connectivity index is 1.54. The second-order valence-electron chi connectivity index (χ2n) is 6.56. The van der Waals surface area contributed by atoms with Gasteiger partial charge in [-0.05, 0) is 55.1 Å². The van der Waals surface area contributed by atoms with Crippen molar-refractivity contribution in [3.8, 4) is 22.4 Å². The Hall–Kier alpha value is -2.39. The summed E-state index contributed by atoms with van der Waals surface area (Å²) in [7, 11) is 0. The summed E-state index contributed by atoms with van der Waals surface area (Å²) in [6.45, 7) is 3.30. The Bertz CT molecular complexity index is 786. The number of hydrogen-bond acceptors (Lipinski definition) is 2. The zero-order valence-corrected chi connectivity index (χ0v) is 13.9. The molecule has 0 unspecified atom stereocenters. The van der Waals surface area contributed by atoms with Gasteiger partial charge in [0.2, 0.25) is 0 Å². The third-order valence-corrected chi connectivity index (χ3v) is 4.81. The molecule has 3 aromatic rings. The summed E-state index contributed by atoms with van der Waals surface area (Å²) < 4.78 is 2.11. The second kappa shape index (κ2) is 7.02. The zero-order valence-electron chi connectivity index (χ0n) is 13.9. The van der Waals surface area contributed by atoms with Crippen molar-refractivity contribution < 1.29 is 0 Å². The van der Waals surface area contributed by atoms with E-state index in [2.05, 4.69) is 76.9 Å². The minimum atomic E-state index is 0.745. The normalized spacial score (nSPS) is 15.5. The molecule has 2 heterocycles. The molecule has 0 aliphatic carbocycles. The lowest BCUT2D eigenvalue weighted by atomic mass is 9.98. The van der Waals surface area contributed by atoms with E-state index in [0.29, 0.717) is 0 Å². The highest BCUT2D eigenvalue weighted by Gasteiger charge is 2.14. The minimum absolute atomic E-state index is 0.745. The summed E-state index contributed by atoms with van der Waals surface area (Å²) in [5.41, 5.74) is 4.72. The van der Waals surface area contributed by atoms with E-state index in [1.807, 2.05) is 0 Å². The maximum Gasteiger partial charge on any atom is 0.0923 e. The number of nitrogens with one attached hydrogen (secondary N) is 1. The van der Waals surface area contributed by atoms with Crippen LogP contribution in [0.2, 0.25) is 0 Å². The van der Waals surface area contributed by atoms with E-state index < -0.39 is 0 Å². The topological polar surface area (TPSA) is 29.9 Å². The first kappa shape index (κ1) is 15.2. The van der Waals surface area contributed by atoms with E-state index in [0.717, 1.165) is 31.2 Å². The number of piperidine rings is 1. The minimum Gasteiger partial charge on any atom is -0.317 e. The first-order valence-corrected chi connectivity index (χ1v) is 8.78. The number of hydrogen-bond donors (Lipinski definition) is 1. The molecule has 1 aromatic heterocycles. The third kappa shape index (κ3) is 3.41. The quantitative estimate of drug-likeness (QED) is 0.781. The van der Waals surface area contributed by atoms with Crippen LogP contribution in [0.25, 0.3) is 22.4 Å². The van der Waals surface area contributed by atoms with Crippen molar-refractivity contribution in [2.45, 2.75) is 19.4 Å². The number of aromatic nitrogens is 2. The van der Waals surface area contributed by atoms with Crippen LogP contribution in [0.1, 0.15) is 12.8 Å². The van der Waals surface area contributed by atoms with E-state index in [9.17, 15) is 0 Å². The van der Waals surface area contributed by atoms with Crippen LogP contribution in [-0.4, -0.2) is 22.9 Å². The molecule has 4 rings (SSSR count). The van der Waals surface area contributed by atoms with Gasteiger partial charge < -0.3 is 5.32 Å². The molecule has 1 saturated heterocycles. The molecule has 122 valence electrons. The summed E-state index contributed by atoms with van der Waals surface area (Å²) in [6.07, 6.45) is 4.62. The molecular weight excluding hydrogens is 294 g/mol. The van der Waals surface area contributed by atoms with Gasteiger partial charge in [0, 0.05) is 18.3 Å². The van der Waals surface area contributed by atoms with Gasteiger partial charge in [0.25, 0.3) is 0 Å². The first-order chi connectivity index (χ1) is 11.9. The van der Waals surface area contributed by atoms with Crippen LogP contribution in [0.15, 0.2) is 66.9 Å². The average molecular weight is 317 g/mol. The van der Waals surface area contributed by atoms with Crippen LogP contribution in [0, 0.1) is 5.92 Å². The Labute approximate surface area is 143 Å². The summed E-state index contributed by atoms with van der Waals surface area (Å²) >= 11 is 0. The highest BCUT2D eigenvalue weighted by atomic mass is 15.3. The van der Waals surface area contributed by atoms with Crippen LogP contribution in [0.3, 0.4) is 0 Å². The Kier molecular flexibility index (Phi) is 4.43. The molecule has 0 bridgehead atoms. The molecule has 3 nitrogen and oxygen atoms in total. The van der Waals surface area contributed by atoms with Gasteiger partial charge in [-0.2, -0.15) is 5.10 Å². The van der Waals surface area contributed by atoms with Crippen LogP contribution in [0.4, 0.5) is 0 Å². The zero-order chi connectivity index (χ0) is 16.2. The molecule has 0 radical (unpaired) electrons. The molecule has 0 amide bonds. The van der Waals surface area contributed by atoms with Crippen LogP contribution >= 0.6 is 0 Å². The van der Waals surface area contributed by atoms with Gasteiger partial charge >= 0.3 is 0 Å². The fourth-order valence-corrected chi connectivity index (χ4v) is 3.43. The van der Waals surface area contributed by atoms with Gasteiger partial charge in [-0.1, -0.05) is 48.5 Å². The van der Waals surface area contributed by atoms with Crippen LogP contribution < -0.4 is 5.32 Å². The average Bonchev–Trinajstić information content (AvgIpc) is 3.12. The lowest BCUT2D eigenvalue weighted by molar-refractivity contribution is 0.321. The van der Waals surface area contributed by atoms with Crippen molar-refractivity contribution in [1.82, 2.24) is 15.1 Å². The number of rotatable bonds is 4. The standard InChI is InChI=1S/C21H23N3/c1-2-5-18(6-3-1)19-7-4-8-20(15-19)21-11-14-24(23-21)16-17-9-12-22-13-10-17/h1-8,11,14-15,17,22H,9-10,12-13,16H2. The summed E-state index contributed by atoms with van der Waals surface area (Å²) in [5, 5.41) is 8.23. The van der Waals surface area contributed by atoms with E-state index in [1.54, 1.807) is 0 Å². The molecule has 1 aliphatic rings. The molecule has 0 saturated carbocycles. The second-order valence-corrected chi connectivity index (χ2v) is 6.56. The maximum atomic E-state index is 4.81. The molecule has 24 heavy (non-hydrogen) atoms. The number of nitrogens with zero attached hydrogens (tertiary/aromatic N) is 2. The highest BCUT2D eigenvalue weighted by Crippen LogP contribution is 2.25. The van der Waals surface area contributed by atoms with Crippen molar-refractivity contribution >= 4 is 0 Å². The maximum absolute atomic E-state index is 4.81. The van der Waals surface area contributed by atoms with E-state index in [4.69, 9.17) is 5.10 Å². The Morgan fingerprint density at radius 2 is 1.62 bits per heavy atom. The van der Waals surface area contributed by atoms with Crippen molar-refractivity contribution in [3.63, 3.8) is 0 Å². The third-order valence-electron chi connectivity index (χ3n) is 4.81. The first-order valence-electron chi connectivity index (χ1n) is 8.78. The Morgan fingerprint density at radius 1 is 0.875 bits per heavy atom. The molecule has 1 aliphatic heterocycles. The van der Waals surface area contributed by atoms with Gasteiger partial charge in [-0.3, -0.25) is 4.68 Å². The van der Waals surface area contributed by atoms with Crippen molar-refractivity contribution in [1.29, 1.82) is 0 Å². The van der Waals surface area contributed by atoms with Crippen molar-refractivity contribution in [2.24, 2.45) is 5.92 Å². The molecule has 2 aromatic carbocycles. The fraction of sp³-hybridized carbons (Fsp3) is 0.286. The van der Waals surface area contributed by atoms with Crippen LogP contribution in [0.5, 0.6) is 0 Å². The van der Waals surface area contributed by atoms with E-state index >= 15 is 0 Å². The van der Waals surface area contributed by atoms with Gasteiger partial charge in [0.15, 0.2) is 0 Å². The molecule has 1 N–H and O–H groups in total. The monoisotopic (exact) mass is 317 g/mol. The van der Waals surface area contributed by atoms with Gasteiger partial charge in [0.05, 0.1) is 5.69 Å². The summed E-state index contributed by atoms with van der Waals surface area (Å²) in [6, 6.07) is 21.3. The molecule has 0 spiro atoms. The lowest BCUT2D eigenvalue weighted by Crippen LogP contribution is -2.29. The van der Waals surface area contributed by atoms with Crippen molar-refractivity contribution in [3.05, 3.63) is 66.9 Å². The van der Waals surface area contributed by atoms with E-state index in [-0.39, 0.29) is 0 Å². The molecule has 0 atom stereocenters. The van der Waals surface area contributed by atoms with E-state index in [1.165, 1.54) is 29.5 Å². The fourth-order valence-electron chi connectivity index (χ4n) is 3.43. The van der Waals surface area contributed by atoms with Crippen molar-refractivity contribution in [2.75, 3.05) is 13.1 Å². The summed E-state index contributed by atoms with van der Waals surface area (Å²) in [4.78, 5) is 0. The van der Waals surface area contributed by atoms with Gasteiger partial charge in [-0.25, -0.2) is 0 Å². The lowest BCUT2D eigenvalue weighted by Gasteiger charge is -2.22. The predicted molar refractivity (Wildman–Crippen MR) is 98.7 cm³/mol. The summed E-state index contributed by atoms with van der Waals surface area (Å²) in [5.74, 6) is 0.745. The molecular formula is C21H23N3. The SMILES string of the molecule is c1ccc(-c2cccc(-c3ccn(CC4CCNCC4)n3)c2)cc1. The largest absolute Gasteiger partial charge is 0.317 e. The van der Waals surface area contributed by atoms with Gasteiger partial charge in [-0.15, -0.1) is 0 Å². The Morgan fingerprint density at radius 3 is 2.46 bits per heavy atom. The molecule has 1 fully saturated rings. The van der Waals surface area contributed by atoms with Crippen LogP contribution in [-0.2, 0) is 6.54 Å². The molecule has 3 heteroatoms.